The van der Waals surface area contributed by atoms with Crippen LogP contribution in [0.3, 0.4) is 0 Å². The lowest BCUT2D eigenvalue weighted by molar-refractivity contribution is 0.0703. The summed E-state index contributed by atoms with van der Waals surface area (Å²) in [5, 5.41) is 9.16. The number of hydrogen-bond donors (Lipinski definition) is 2. The van der Waals surface area contributed by atoms with Crippen LogP contribution in [0.15, 0.2) is 15.9 Å². The highest BCUT2D eigenvalue weighted by molar-refractivity contribution is 9.11. The lowest BCUT2D eigenvalue weighted by atomic mass is 10.0. The Morgan fingerprint density at radius 1 is 1.39 bits per heavy atom. The maximum atomic E-state index is 11.2. The Bertz CT molecular complexity index is 601. The van der Waals surface area contributed by atoms with Crippen molar-refractivity contribution in [3.05, 3.63) is 26.4 Å². The second-order valence-electron chi connectivity index (χ2n) is 4.15. The minimum Gasteiger partial charge on any atom is -0.477 e. The number of halogens is 1. The quantitative estimate of drug-likeness (QED) is 0.851. The predicted octanol–water partition coefficient (Wildman–Crippen LogP) is 4.64. The van der Waals surface area contributed by atoms with Gasteiger partial charge in [-0.3, -0.25) is 0 Å². The summed E-state index contributed by atoms with van der Waals surface area (Å²) in [6.45, 7) is 4.05. The van der Waals surface area contributed by atoms with E-state index in [0.29, 0.717) is 5.69 Å². The number of carboxylic acids is 1. The Morgan fingerprint density at radius 2 is 2.06 bits per heavy atom. The highest BCUT2D eigenvalue weighted by Gasteiger charge is 2.23. The van der Waals surface area contributed by atoms with Crippen LogP contribution in [0.25, 0.3) is 9.75 Å². The van der Waals surface area contributed by atoms with Crippen LogP contribution >= 0.6 is 38.6 Å². The summed E-state index contributed by atoms with van der Waals surface area (Å²) in [7, 11) is 0. The van der Waals surface area contributed by atoms with E-state index >= 15 is 0 Å². The molecule has 0 spiro atoms. The summed E-state index contributed by atoms with van der Waals surface area (Å²) < 4.78 is 1.02. The molecule has 0 atom stereocenters. The number of anilines is 1. The molecule has 2 aromatic heterocycles. The van der Waals surface area contributed by atoms with Crippen molar-refractivity contribution in [2.45, 2.75) is 19.8 Å². The number of nitrogen functional groups attached to an aromatic ring is 1. The molecule has 0 bridgehead atoms. The molecule has 3 N–H and O–H groups in total. The first-order valence-corrected chi connectivity index (χ1v) is 7.75. The fraction of sp³-hybridized carbons (Fsp3) is 0.250. The zero-order valence-electron chi connectivity index (χ0n) is 9.86. The van der Waals surface area contributed by atoms with Gasteiger partial charge in [0.15, 0.2) is 0 Å². The van der Waals surface area contributed by atoms with Crippen LogP contribution in [0.1, 0.15) is 35.0 Å². The van der Waals surface area contributed by atoms with Crippen molar-refractivity contribution in [1.29, 1.82) is 0 Å². The highest BCUT2D eigenvalue weighted by atomic mass is 79.9. The van der Waals surface area contributed by atoms with Gasteiger partial charge in [-0.05, 0) is 39.5 Å². The average molecular weight is 346 g/mol. The van der Waals surface area contributed by atoms with Gasteiger partial charge in [0.25, 0.3) is 0 Å². The smallest absolute Gasteiger partial charge is 0.348 e. The third-order valence-corrected chi connectivity index (χ3v) is 5.57. The van der Waals surface area contributed by atoms with Crippen LogP contribution in [0.5, 0.6) is 0 Å². The van der Waals surface area contributed by atoms with Gasteiger partial charge in [-0.25, -0.2) is 4.79 Å². The fourth-order valence-electron chi connectivity index (χ4n) is 1.81. The van der Waals surface area contributed by atoms with Crippen molar-refractivity contribution in [3.63, 3.8) is 0 Å². The van der Waals surface area contributed by atoms with Gasteiger partial charge in [-0.2, -0.15) is 0 Å². The molecule has 0 saturated carbocycles. The molecule has 96 valence electrons. The van der Waals surface area contributed by atoms with Crippen molar-refractivity contribution >= 4 is 50.3 Å². The number of aromatic carboxylic acids is 1. The number of carbonyl (C=O) groups is 1. The standard InChI is InChI=1S/C12H12BrNO2S2/c1-5(2)8-9(14)11(12(15)16)18-10(8)6-3-4-7(13)17-6/h3-5H,14H2,1-2H3,(H,15,16). The minimum absolute atomic E-state index is 0.199. The van der Waals surface area contributed by atoms with E-state index in [-0.39, 0.29) is 10.8 Å². The molecule has 0 aliphatic rings. The maximum absolute atomic E-state index is 11.2. The van der Waals surface area contributed by atoms with Gasteiger partial charge < -0.3 is 10.8 Å². The van der Waals surface area contributed by atoms with Gasteiger partial charge in [0, 0.05) is 4.88 Å². The molecule has 2 rings (SSSR count). The van der Waals surface area contributed by atoms with Crippen molar-refractivity contribution in [3.8, 4) is 9.75 Å². The first kappa shape index (κ1) is 13.6. The highest BCUT2D eigenvalue weighted by Crippen LogP contribution is 2.45. The van der Waals surface area contributed by atoms with E-state index in [0.717, 1.165) is 19.1 Å². The molecule has 0 radical (unpaired) electrons. The summed E-state index contributed by atoms with van der Waals surface area (Å²) in [5.41, 5.74) is 7.31. The number of hydrogen-bond acceptors (Lipinski definition) is 4. The Kier molecular flexibility index (Phi) is 3.79. The van der Waals surface area contributed by atoms with Crippen LogP contribution in [-0.2, 0) is 0 Å². The molecule has 6 heteroatoms. The lowest BCUT2D eigenvalue weighted by Crippen LogP contribution is -2.00. The molecule has 0 saturated heterocycles. The van der Waals surface area contributed by atoms with Gasteiger partial charge in [0.05, 0.1) is 14.4 Å². The largest absolute Gasteiger partial charge is 0.477 e. The minimum atomic E-state index is -0.957. The van der Waals surface area contributed by atoms with Crippen molar-refractivity contribution in [2.24, 2.45) is 0 Å². The number of rotatable bonds is 3. The Labute approximate surface area is 121 Å². The Hall–Kier alpha value is -0.850. The van der Waals surface area contributed by atoms with E-state index in [4.69, 9.17) is 10.8 Å². The van der Waals surface area contributed by atoms with Crippen LogP contribution in [0.2, 0.25) is 0 Å². The van der Waals surface area contributed by atoms with Gasteiger partial charge in [-0.15, -0.1) is 22.7 Å². The molecule has 18 heavy (non-hydrogen) atoms. The second kappa shape index (κ2) is 5.03. The lowest BCUT2D eigenvalue weighted by Gasteiger charge is -2.07. The fourth-order valence-corrected chi connectivity index (χ4v) is 4.53. The van der Waals surface area contributed by atoms with E-state index in [1.165, 1.54) is 11.3 Å². The van der Waals surface area contributed by atoms with Gasteiger partial charge >= 0.3 is 5.97 Å². The molecular weight excluding hydrogens is 334 g/mol. The molecular formula is C12H12BrNO2S2. The van der Waals surface area contributed by atoms with Crippen molar-refractivity contribution in [2.75, 3.05) is 5.73 Å². The molecule has 0 aromatic carbocycles. The van der Waals surface area contributed by atoms with Crippen molar-refractivity contribution in [1.82, 2.24) is 0 Å². The van der Waals surface area contributed by atoms with Crippen molar-refractivity contribution < 1.29 is 9.90 Å². The number of carboxylic acid groups (broad SMARTS) is 1. The molecule has 2 heterocycles. The topological polar surface area (TPSA) is 63.3 Å². The Balaban J connectivity index is 2.66. The van der Waals surface area contributed by atoms with E-state index in [1.54, 1.807) is 11.3 Å². The van der Waals surface area contributed by atoms with Gasteiger partial charge in [0.1, 0.15) is 4.88 Å². The molecule has 0 amide bonds. The summed E-state index contributed by atoms with van der Waals surface area (Å²) >= 11 is 6.26. The molecule has 2 aromatic rings. The SMILES string of the molecule is CC(C)c1c(-c2ccc(Br)s2)sc(C(=O)O)c1N. The van der Waals surface area contributed by atoms with Gasteiger partial charge in [-0.1, -0.05) is 13.8 Å². The maximum Gasteiger partial charge on any atom is 0.348 e. The van der Waals surface area contributed by atoms with Gasteiger partial charge in [0.2, 0.25) is 0 Å². The summed E-state index contributed by atoms with van der Waals surface area (Å²) in [4.78, 5) is 13.4. The normalized spacial score (nSPS) is 11.1. The molecule has 0 aliphatic carbocycles. The summed E-state index contributed by atoms with van der Waals surface area (Å²) in [5.74, 6) is -0.758. The van der Waals surface area contributed by atoms with E-state index < -0.39 is 5.97 Å². The summed E-state index contributed by atoms with van der Waals surface area (Å²) in [6, 6.07) is 3.94. The van der Waals surface area contributed by atoms with E-state index in [9.17, 15) is 4.79 Å². The predicted molar refractivity (Wildman–Crippen MR) is 80.8 cm³/mol. The third kappa shape index (κ3) is 2.32. The number of thiophene rings is 2. The molecule has 0 unspecified atom stereocenters. The molecule has 0 fully saturated rings. The monoisotopic (exact) mass is 345 g/mol. The third-order valence-electron chi connectivity index (χ3n) is 2.55. The van der Waals surface area contributed by atoms with Crippen LogP contribution in [-0.4, -0.2) is 11.1 Å². The second-order valence-corrected chi connectivity index (χ2v) is 7.63. The zero-order valence-corrected chi connectivity index (χ0v) is 13.1. The van der Waals surface area contributed by atoms with E-state index in [1.807, 2.05) is 26.0 Å². The number of nitrogens with two attached hydrogens (primary N) is 1. The summed E-state index contributed by atoms with van der Waals surface area (Å²) in [6.07, 6.45) is 0. The first-order chi connectivity index (χ1) is 8.41. The van der Waals surface area contributed by atoms with Crippen LogP contribution < -0.4 is 5.73 Å². The molecule has 0 aliphatic heterocycles. The first-order valence-electron chi connectivity index (χ1n) is 5.33. The Morgan fingerprint density at radius 3 is 2.50 bits per heavy atom. The molecule has 3 nitrogen and oxygen atoms in total. The zero-order chi connectivity index (χ0) is 13.4. The van der Waals surface area contributed by atoms with Crippen LogP contribution in [0, 0.1) is 0 Å². The van der Waals surface area contributed by atoms with Crippen LogP contribution in [0.4, 0.5) is 5.69 Å². The average Bonchev–Trinajstić information content (AvgIpc) is 2.81. The van der Waals surface area contributed by atoms with E-state index in [2.05, 4.69) is 15.9 Å².